The average Bonchev–Trinajstić information content (AvgIpc) is 2.11. The molecule has 11 heavy (non-hydrogen) atoms. The minimum Gasteiger partial charge on any atom is -0.385 e. The first-order valence-corrected chi connectivity index (χ1v) is 5.09. The molecule has 1 nitrogen and oxygen atoms in total. The Hall–Kier alpha value is 0.0500. The molecule has 1 saturated heterocycles. The molecule has 2 heteroatoms. The molecule has 64 valence electrons. The molecule has 0 aromatic rings. The van der Waals surface area contributed by atoms with Gasteiger partial charge >= 0.3 is 0 Å². The molecule has 0 radical (unpaired) electrons. The third kappa shape index (κ3) is 2.00. The number of rotatable bonds is 1. The third-order valence-electron chi connectivity index (χ3n) is 2.11. The van der Waals surface area contributed by atoms with Crippen molar-refractivity contribution in [2.75, 3.05) is 5.75 Å². The van der Waals surface area contributed by atoms with Crippen LogP contribution in [-0.4, -0.2) is 21.7 Å². The van der Waals surface area contributed by atoms with Crippen LogP contribution >= 0.6 is 11.8 Å². The molecule has 0 aliphatic carbocycles. The van der Waals surface area contributed by atoms with Gasteiger partial charge in [-0.05, 0) is 26.0 Å². The van der Waals surface area contributed by atoms with Crippen molar-refractivity contribution in [1.82, 2.24) is 0 Å². The molecule has 2 unspecified atom stereocenters. The molecule has 0 bridgehead atoms. The Labute approximate surface area is 72.9 Å². The highest BCUT2D eigenvalue weighted by Gasteiger charge is 2.36. The summed E-state index contributed by atoms with van der Waals surface area (Å²) in [5.41, 5.74) is 0.686. The molecule has 1 aliphatic heterocycles. The van der Waals surface area contributed by atoms with E-state index in [2.05, 4.69) is 6.92 Å². The highest BCUT2D eigenvalue weighted by molar-refractivity contribution is 8.00. The molecular weight excluding hydrogens is 156 g/mol. The Balaban J connectivity index is 2.73. The fourth-order valence-electron chi connectivity index (χ4n) is 1.44. The van der Waals surface area contributed by atoms with E-state index in [0.717, 1.165) is 12.2 Å². The van der Waals surface area contributed by atoms with E-state index in [1.54, 1.807) is 0 Å². The lowest BCUT2D eigenvalue weighted by molar-refractivity contribution is 0.0962. The molecular formula is C9H16OS. The van der Waals surface area contributed by atoms with Gasteiger partial charge in [-0.3, -0.25) is 0 Å². The van der Waals surface area contributed by atoms with Gasteiger partial charge in [-0.2, -0.15) is 11.8 Å². The summed E-state index contributed by atoms with van der Waals surface area (Å²) in [4.78, 5) is 0. The van der Waals surface area contributed by atoms with E-state index < -0.39 is 5.60 Å². The minimum absolute atomic E-state index is 0.359. The van der Waals surface area contributed by atoms with Gasteiger partial charge in [0, 0.05) is 5.25 Å². The summed E-state index contributed by atoms with van der Waals surface area (Å²) in [5.74, 6) is 1.08. The average molecular weight is 172 g/mol. The summed E-state index contributed by atoms with van der Waals surface area (Å²) in [7, 11) is 0. The Morgan fingerprint density at radius 1 is 1.64 bits per heavy atom. The first-order valence-electron chi connectivity index (χ1n) is 4.04. The first kappa shape index (κ1) is 9.14. The van der Waals surface area contributed by atoms with Crippen LogP contribution in [0.15, 0.2) is 11.6 Å². The monoisotopic (exact) mass is 172 g/mol. The smallest absolute Gasteiger partial charge is 0.0953 e. The fraction of sp³-hybridized carbons (Fsp3) is 0.778. The second-order valence-electron chi connectivity index (χ2n) is 3.48. The lowest BCUT2D eigenvalue weighted by Gasteiger charge is -2.23. The van der Waals surface area contributed by atoms with Gasteiger partial charge in [0.05, 0.1) is 5.60 Å². The molecule has 0 amide bonds. The number of hydrogen-bond donors (Lipinski definition) is 1. The van der Waals surface area contributed by atoms with Gasteiger partial charge in [-0.15, -0.1) is 0 Å². The van der Waals surface area contributed by atoms with Crippen LogP contribution in [0.5, 0.6) is 0 Å². The summed E-state index contributed by atoms with van der Waals surface area (Å²) in [5, 5.41) is 10.4. The predicted octanol–water partition coefficient (Wildman–Crippen LogP) is 2.21. The van der Waals surface area contributed by atoms with Crippen molar-refractivity contribution >= 4 is 11.8 Å². The highest BCUT2D eigenvalue weighted by atomic mass is 32.2. The van der Waals surface area contributed by atoms with Gasteiger partial charge in [0.1, 0.15) is 0 Å². The van der Waals surface area contributed by atoms with E-state index >= 15 is 0 Å². The maximum absolute atomic E-state index is 10.0. The quantitative estimate of drug-likeness (QED) is 0.612. The van der Waals surface area contributed by atoms with Crippen LogP contribution in [0.25, 0.3) is 0 Å². The summed E-state index contributed by atoms with van der Waals surface area (Å²) < 4.78 is 0. The summed E-state index contributed by atoms with van der Waals surface area (Å²) in [6.45, 7) is 6.17. The van der Waals surface area contributed by atoms with Crippen LogP contribution in [0.1, 0.15) is 27.2 Å². The summed E-state index contributed by atoms with van der Waals surface area (Å²) in [6.07, 6.45) is 2.90. The molecule has 1 heterocycles. The zero-order chi connectivity index (χ0) is 8.48. The second-order valence-corrected chi connectivity index (χ2v) is 4.92. The normalized spacial score (nSPS) is 37.3. The molecule has 1 N–H and O–H groups in total. The Morgan fingerprint density at radius 2 is 2.27 bits per heavy atom. The van der Waals surface area contributed by atoms with Crippen molar-refractivity contribution < 1.29 is 5.11 Å². The van der Waals surface area contributed by atoms with Crippen LogP contribution in [0.4, 0.5) is 0 Å². The van der Waals surface area contributed by atoms with E-state index in [1.807, 2.05) is 31.7 Å². The topological polar surface area (TPSA) is 20.2 Å². The molecule has 1 fully saturated rings. The van der Waals surface area contributed by atoms with Crippen LogP contribution < -0.4 is 0 Å². The number of allylic oxidation sites excluding steroid dienone is 1. The van der Waals surface area contributed by atoms with Crippen molar-refractivity contribution in [2.45, 2.75) is 38.0 Å². The Kier molecular flexibility index (Phi) is 2.66. The van der Waals surface area contributed by atoms with Crippen LogP contribution in [0.2, 0.25) is 0 Å². The van der Waals surface area contributed by atoms with Crippen molar-refractivity contribution in [3.63, 3.8) is 0 Å². The van der Waals surface area contributed by atoms with Gasteiger partial charge in [-0.25, -0.2) is 0 Å². The molecule has 1 aliphatic rings. The SMILES string of the molecule is CC(C)=CC1(O)CCSC1C. The van der Waals surface area contributed by atoms with Gasteiger partial charge < -0.3 is 5.11 Å². The Morgan fingerprint density at radius 3 is 2.64 bits per heavy atom. The van der Waals surface area contributed by atoms with Crippen molar-refractivity contribution in [3.8, 4) is 0 Å². The van der Waals surface area contributed by atoms with Gasteiger partial charge in [0.25, 0.3) is 0 Å². The zero-order valence-corrected chi connectivity index (χ0v) is 8.24. The largest absolute Gasteiger partial charge is 0.385 e. The third-order valence-corrected chi connectivity index (χ3v) is 3.46. The lowest BCUT2D eigenvalue weighted by Crippen LogP contribution is -2.32. The molecule has 0 saturated carbocycles. The summed E-state index contributed by atoms with van der Waals surface area (Å²) in [6, 6.07) is 0. The van der Waals surface area contributed by atoms with Gasteiger partial charge in [0.15, 0.2) is 0 Å². The molecule has 2 atom stereocenters. The molecule has 0 aromatic heterocycles. The van der Waals surface area contributed by atoms with Crippen LogP contribution in [0, 0.1) is 0 Å². The van der Waals surface area contributed by atoms with Crippen LogP contribution in [-0.2, 0) is 0 Å². The van der Waals surface area contributed by atoms with E-state index in [1.165, 1.54) is 5.57 Å². The second kappa shape index (κ2) is 3.20. The van der Waals surface area contributed by atoms with Gasteiger partial charge in [0.2, 0.25) is 0 Å². The number of thioether (sulfide) groups is 1. The molecule has 0 aromatic carbocycles. The van der Waals surface area contributed by atoms with E-state index in [9.17, 15) is 5.11 Å². The number of aliphatic hydroxyl groups is 1. The van der Waals surface area contributed by atoms with Crippen molar-refractivity contribution in [3.05, 3.63) is 11.6 Å². The molecule has 1 rings (SSSR count). The predicted molar refractivity (Wildman–Crippen MR) is 50.9 cm³/mol. The van der Waals surface area contributed by atoms with E-state index in [-0.39, 0.29) is 0 Å². The van der Waals surface area contributed by atoms with Crippen molar-refractivity contribution in [2.24, 2.45) is 0 Å². The standard InChI is InChI=1S/C9H16OS/c1-7(2)6-9(10)4-5-11-8(9)3/h6,8,10H,4-5H2,1-3H3. The maximum Gasteiger partial charge on any atom is 0.0953 e. The highest BCUT2D eigenvalue weighted by Crippen LogP contribution is 2.36. The van der Waals surface area contributed by atoms with Gasteiger partial charge in [-0.1, -0.05) is 18.6 Å². The number of hydrogen-bond acceptors (Lipinski definition) is 2. The summed E-state index contributed by atoms with van der Waals surface area (Å²) >= 11 is 1.85. The van der Waals surface area contributed by atoms with E-state index in [0.29, 0.717) is 5.25 Å². The maximum atomic E-state index is 10.0. The van der Waals surface area contributed by atoms with Crippen LogP contribution in [0.3, 0.4) is 0 Å². The van der Waals surface area contributed by atoms with E-state index in [4.69, 9.17) is 0 Å². The fourth-order valence-corrected chi connectivity index (χ4v) is 2.71. The lowest BCUT2D eigenvalue weighted by atomic mass is 9.95. The molecule has 0 spiro atoms. The minimum atomic E-state index is -0.524. The van der Waals surface area contributed by atoms with Crippen molar-refractivity contribution in [1.29, 1.82) is 0 Å². The zero-order valence-electron chi connectivity index (χ0n) is 7.42. The Bertz CT molecular complexity index is 172. The first-order chi connectivity index (χ1) is 5.04.